The Morgan fingerprint density at radius 1 is 1.50 bits per heavy atom. The van der Waals surface area contributed by atoms with E-state index in [-0.39, 0.29) is 11.5 Å². The summed E-state index contributed by atoms with van der Waals surface area (Å²) in [5.74, 6) is 0. The van der Waals surface area contributed by atoms with Crippen LogP contribution in [0.3, 0.4) is 0 Å². The van der Waals surface area contributed by atoms with Crippen LogP contribution in [0.25, 0.3) is 0 Å². The summed E-state index contributed by atoms with van der Waals surface area (Å²) in [4.78, 5) is 0. The van der Waals surface area contributed by atoms with E-state index < -0.39 is 0 Å². The summed E-state index contributed by atoms with van der Waals surface area (Å²) in [6, 6.07) is 5.85. The number of hydroxylamine groups is 1. The van der Waals surface area contributed by atoms with E-state index in [1.807, 2.05) is 18.2 Å². The highest BCUT2D eigenvalue weighted by molar-refractivity contribution is 6.30. The van der Waals surface area contributed by atoms with Gasteiger partial charge < -0.3 is 5.21 Å². The summed E-state index contributed by atoms with van der Waals surface area (Å²) in [7, 11) is 0. The number of nitrogens with one attached hydrogen (secondary N) is 1. The molecule has 14 heavy (non-hydrogen) atoms. The van der Waals surface area contributed by atoms with Crippen LogP contribution in [0.5, 0.6) is 0 Å². The minimum absolute atomic E-state index is 0.0174. The Morgan fingerprint density at radius 3 is 2.86 bits per heavy atom. The quantitative estimate of drug-likeness (QED) is 0.701. The zero-order chi connectivity index (χ0) is 10.3. The van der Waals surface area contributed by atoms with Crippen molar-refractivity contribution in [1.29, 1.82) is 0 Å². The summed E-state index contributed by atoms with van der Waals surface area (Å²) in [5, 5.41) is 9.87. The van der Waals surface area contributed by atoms with Crippen molar-refractivity contribution in [2.75, 3.05) is 0 Å². The summed E-state index contributed by atoms with van der Waals surface area (Å²) in [6.45, 7) is 4.27. The normalized spacial score (nSPS) is 23.6. The van der Waals surface area contributed by atoms with Crippen LogP contribution in [0.4, 0.5) is 0 Å². The van der Waals surface area contributed by atoms with Gasteiger partial charge >= 0.3 is 0 Å². The van der Waals surface area contributed by atoms with Gasteiger partial charge in [-0.1, -0.05) is 31.5 Å². The van der Waals surface area contributed by atoms with Gasteiger partial charge in [0.25, 0.3) is 0 Å². The average Bonchev–Trinajstić information content (AvgIpc) is 2.34. The van der Waals surface area contributed by atoms with E-state index in [1.54, 1.807) is 0 Å². The van der Waals surface area contributed by atoms with E-state index in [0.717, 1.165) is 17.0 Å². The molecule has 1 atom stereocenters. The first-order chi connectivity index (χ1) is 6.54. The zero-order valence-corrected chi connectivity index (χ0v) is 9.10. The Bertz CT molecular complexity index is 362. The lowest BCUT2D eigenvalue weighted by molar-refractivity contribution is 0.0740. The lowest BCUT2D eigenvalue weighted by atomic mass is 9.86. The second-order valence-corrected chi connectivity index (χ2v) is 5.01. The Morgan fingerprint density at radius 2 is 2.21 bits per heavy atom. The molecule has 76 valence electrons. The predicted octanol–water partition coefficient (Wildman–Crippen LogP) is 2.94. The molecule has 0 fully saturated rings. The van der Waals surface area contributed by atoms with Gasteiger partial charge in [0.05, 0.1) is 6.04 Å². The summed E-state index contributed by atoms with van der Waals surface area (Å²) in [6.07, 6.45) is 0.970. The standard InChI is InChI=1S/C11H14ClNO/c1-11(2)6-7-3-4-8(12)5-9(7)10(11)13-14/h3-5,10,13-14H,6H2,1-2H3. The van der Waals surface area contributed by atoms with Crippen molar-refractivity contribution in [1.82, 2.24) is 5.48 Å². The molecule has 1 aliphatic rings. The molecule has 0 aliphatic heterocycles. The Kier molecular flexibility index (Phi) is 2.30. The van der Waals surface area contributed by atoms with E-state index in [0.29, 0.717) is 0 Å². The van der Waals surface area contributed by atoms with E-state index in [1.165, 1.54) is 5.56 Å². The van der Waals surface area contributed by atoms with E-state index in [4.69, 9.17) is 16.8 Å². The molecule has 1 unspecified atom stereocenters. The highest BCUT2D eigenvalue weighted by Gasteiger charge is 2.38. The van der Waals surface area contributed by atoms with Crippen LogP contribution in [0.2, 0.25) is 5.02 Å². The number of benzene rings is 1. The molecule has 3 heteroatoms. The number of halogens is 1. The van der Waals surface area contributed by atoms with Crippen LogP contribution in [0.15, 0.2) is 18.2 Å². The molecule has 0 heterocycles. The van der Waals surface area contributed by atoms with Gasteiger partial charge in [-0.25, -0.2) is 0 Å². The first-order valence-electron chi connectivity index (χ1n) is 4.72. The van der Waals surface area contributed by atoms with Crippen LogP contribution in [-0.2, 0) is 6.42 Å². The molecular weight excluding hydrogens is 198 g/mol. The second-order valence-electron chi connectivity index (χ2n) is 4.57. The highest BCUT2D eigenvalue weighted by atomic mass is 35.5. The molecule has 1 aliphatic carbocycles. The number of hydrogen-bond donors (Lipinski definition) is 2. The third-order valence-corrected chi connectivity index (χ3v) is 3.21. The highest BCUT2D eigenvalue weighted by Crippen LogP contribution is 2.45. The van der Waals surface area contributed by atoms with Gasteiger partial charge in [0.2, 0.25) is 0 Å². The van der Waals surface area contributed by atoms with Crippen molar-refractivity contribution < 1.29 is 5.21 Å². The fourth-order valence-corrected chi connectivity index (χ4v) is 2.43. The Labute approximate surface area is 88.9 Å². The fourth-order valence-electron chi connectivity index (χ4n) is 2.25. The van der Waals surface area contributed by atoms with Gasteiger partial charge in [0.15, 0.2) is 0 Å². The minimum atomic E-state index is -0.0174. The molecule has 0 saturated carbocycles. The maximum absolute atomic E-state index is 9.15. The summed E-state index contributed by atoms with van der Waals surface area (Å²) >= 11 is 5.93. The monoisotopic (exact) mass is 211 g/mol. The minimum Gasteiger partial charge on any atom is -0.316 e. The average molecular weight is 212 g/mol. The van der Waals surface area contributed by atoms with Crippen molar-refractivity contribution in [2.45, 2.75) is 26.3 Å². The van der Waals surface area contributed by atoms with E-state index in [9.17, 15) is 0 Å². The Balaban J connectivity index is 2.49. The van der Waals surface area contributed by atoms with E-state index >= 15 is 0 Å². The van der Waals surface area contributed by atoms with Crippen molar-refractivity contribution in [2.24, 2.45) is 5.41 Å². The lowest BCUT2D eigenvalue weighted by Gasteiger charge is -2.25. The zero-order valence-electron chi connectivity index (χ0n) is 8.34. The van der Waals surface area contributed by atoms with Crippen LogP contribution in [-0.4, -0.2) is 5.21 Å². The van der Waals surface area contributed by atoms with Gasteiger partial charge in [0.1, 0.15) is 0 Å². The summed E-state index contributed by atoms with van der Waals surface area (Å²) in [5.41, 5.74) is 4.81. The van der Waals surface area contributed by atoms with Crippen molar-refractivity contribution in [3.05, 3.63) is 34.3 Å². The molecule has 1 aromatic rings. The van der Waals surface area contributed by atoms with Gasteiger partial charge in [-0.15, -0.1) is 0 Å². The molecule has 2 rings (SSSR count). The maximum atomic E-state index is 9.15. The molecule has 0 bridgehead atoms. The molecule has 2 N–H and O–H groups in total. The molecule has 0 spiro atoms. The number of rotatable bonds is 1. The molecule has 1 aromatic carbocycles. The van der Waals surface area contributed by atoms with Gasteiger partial charge in [-0.05, 0) is 35.1 Å². The van der Waals surface area contributed by atoms with Crippen molar-refractivity contribution >= 4 is 11.6 Å². The first kappa shape index (κ1) is 9.97. The van der Waals surface area contributed by atoms with E-state index in [2.05, 4.69) is 19.3 Å². The molecule has 0 radical (unpaired) electrons. The third kappa shape index (κ3) is 1.44. The molecular formula is C11H14ClNO. The second kappa shape index (κ2) is 3.23. The first-order valence-corrected chi connectivity index (χ1v) is 5.10. The fraction of sp³-hybridized carbons (Fsp3) is 0.455. The predicted molar refractivity (Wildman–Crippen MR) is 56.6 cm³/mol. The molecule has 0 aromatic heterocycles. The number of hydrogen-bond acceptors (Lipinski definition) is 2. The van der Waals surface area contributed by atoms with Gasteiger partial charge in [-0.3, -0.25) is 0 Å². The topological polar surface area (TPSA) is 32.3 Å². The van der Waals surface area contributed by atoms with Crippen LogP contribution >= 0.6 is 11.6 Å². The van der Waals surface area contributed by atoms with Crippen molar-refractivity contribution in [3.8, 4) is 0 Å². The van der Waals surface area contributed by atoms with Crippen LogP contribution in [0.1, 0.15) is 31.0 Å². The largest absolute Gasteiger partial charge is 0.316 e. The SMILES string of the molecule is CC1(C)Cc2ccc(Cl)cc2C1NO. The van der Waals surface area contributed by atoms with Crippen LogP contribution < -0.4 is 5.48 Å². The molecule has 0 amide bonds. The lowest BCUT2D eigenvalue weighted by Crippen LogP contribution is -2.28. The Hall–Kier alpha value is -0.570. The smallest absolute Gasteiger partial charge is 0.0626 e. The maximum Gasteiger partial charge on any atom is 0.0626 e. The summed E-state index contributed by atoms with van der Waals surface area (Å²) < 4.78 is 0. The van der Waals surface area contributed by atoms with Crippen molar-refractivity contribution in [3.63, 3.8) is 0 Å². The third-order valence-electron chi connectivity index (χ3n) is 2.98. The van der Waals surface area contributed by atoms with Gasteiger partial charge in [-0.2, -0.15) is 5.48 Å². The van der Waals surface area contributed by atoms with Gasteiger partial charge in [0, 0.05) is 5.02 Å². The molecule has 0 saturated heterocycles. The number of fused-ring (bicyclic) bond motifs is 1. The molecule has 2 nitrogen and oxygen atoms in total. The van der Waals surface area contributed by atoms with Crippen LogP contribution in [0, 0.1) is 5.41 Å².